The van der Waals surface area contributed by atoms with Gasteiger partial charge < -0.3 is 20.1 Å². The number of fused-ring (bicyclic) bond motifs is 1. The Hall–Kier alpha value is -2.98. The Bertz CT molecular complexity index is 1140. The number of nitrogens with zero attached hydrogens (tertiary/aromatic N) is 3. The van der Waals surface area contributed by atoms with Gasteiger partial charge in [-0.25, -0.2) is 4.79 Å². The van der Waals surface area contributed by atoms with Crippen LogP contribution in [0.15, 0.2) is 53.1 Å². The minimum atomic E-state index is -1.25. The maximum atomic E-state index is 13.2. The average molecular weight is 532 g/mol. The van der Waals surface area contributed by atoms with Crippen molar-refractivity contribution in [2.24, 2.45) is 0 Å². The highest BCUT2D eigenvalue weighted by Gasteiger charge is 2.34. The number of hydrogen-bond donors (Lipinski definition) is 2. The van der Waals surface area contributed by atoms with Crippen LogP contribution in [-0.2, 0) is 20.9 Å². The molecule has 1 atom stereocenters. The third-order valence-corrected chi connectivity index (χ3v) is 5.26. The van der Waals surface area contributed by atoms with E-state index in [9.17, 15) is 9.59 Å². The first kappa shape index (κ1) is 25.6. The Morgan fingerprint density at radius 1 is 1.06 bits per heavy atom. The standard InChI is InChI=1S/C24H30BrN5O4/c1-23(2,3)34-22(32)27-24(4,5)21(31)26-18(15-33-14-16-9-7-6-8-10-16)20-29-28-19-12-11-17(25)13-30(19)20/h6-13,18H,14-15H2,1-5H3,(H,26,31)(H,27,32)/t18-/m1/s1. The zero-order valence-corrected chi connectivity index (χ0v) is 21.5. The van der Waals surface area contributed by atoms with Crippen molar-refractivity contribution >= 4 is 33.6 Å². The average Bonchev–Trinajstić information content (AvgIpc) is 3.14. The second-order valence-corrected chi connectivity index (χ2v) is 10.3. The van der Waals surface area contributed by atoms with Crippen molar-refractivity contribution in [3.8, 4) is 0 Å². The number of halogens is 1. The lowest BCUT2D eigenvalue weighted by Crippen LogP contribution is -2.56. The molecule has 2 aromatic heterocycles. The minimum absolute atomic E-state index is 0.149. The molecule has 2 amide bonds. The van der Waals surface area contributed by atoms with Gasteiger partial charge in [0, 0.05) is 10.7 Å². The van der Waals surface area contributed by atoms with Crippen LogP contribution in [0, 0.1) is 0 Å². The topological polar surface area (TPSA) is 107 Å². The lowest BCUT2D eigenvalue weighted by atomic mass is 10.0. The number of carbonyl (C=O) groups excluding carboxylic acids is 2. The van der Waals surface area contributed by atoms with Crippen LogP contribution in [0.4, 0.5) is 4.79 Å². The van der Waals surface area contributed by atoms with E-state index in [2.05, 4.69) is 36.8 Å². The summed E-state index contributed by atoms with van der Waals surface area (Å²) in [6.45, 7) is 9.00. The van der Waals surface area contributed by atoms with E-state index in [0.29, 0.717) is 18.1 Å². The molecule has 3 aromatic rings. The van der Waals surface area contributed by atoms with E-state index in [1.165, 1.54) is 0 Å². The first-order chi connectivity index (χ1) is 15.9. The van der Waals surface area contributed by atoms with Gasteiger partial charge in [0.1, 0.15) is 17.2 Å². The number of benzene rings is 1. The van der Waals surface area contributed by atoms with Crippen molar-refractivity contribution in [1.29, 1.82) is 0 Å². The molecule has 0 aliphatic heterocycles. The second kappa shape index (κ2) is 10.5. The third kappa shape index (κ3) is 7.01. The lowest BCUT2D eigenvalue weighted by molar-refractivity contribution is -0.127. The summed E-state index contributed by atoms with van der Waals surface area (Å²) in [6, 6.07) is 12.8. The zero-order chi connectivity index (χ0) is 24.9. The summed E-state index contributed by atoms with van der Waals surface area (Å²) in [5.74, 6) is 0.0872. The number of ether oxygens (including phenoxy) is 2. The second-order valence-electron chi connectivity index (χ2n) is 9.41. The van der Waals surface area contributed by atoms with Gasteiger partial charge in [-0.05, 0) is 68.2 Å². The maximum Gasteiger partial charge on any atom is 0.408 e. The van der Waals surface area contributed by atoms with Gasteiger partial charge in [0.2, 0.25) is 5.91 Å². The molecule has 0 spiro atoms. The highest BCUT2D eigenvalue weighted by atomic mass is 79.9. The predicted molar refractivity (Wildman–Crippen MR) is 131 cm³/mol. The minimum Gasteiger partial charge on any atom is -0.444 e. The fourth-order valence-electron chi connectivity index (χ4n) is 3.12. The van der Waals surface area contributed by atoms with Crippen LogP contribution in [0.1, 0.15) is 52.0 Å². The number of rotatable bonds is 8. The largest absolute Gasteiger partial charge is 0.444 e. The first-order valence-electron chi connectivity index (χ1n) is 10.9. The molecular weight excluding hydrogens is 502 g/mol. The Kier molecular flexibility index (Phi) is 7.93. The van der Waals surface area contributed by atoms with Crippen LogP contribution in [0.2, 0.25) is 0 Å². The normalized spacial score (nSPS) is 12.9. The Morgan fingerprint density at radius 3 is 2.44 bits per heavy atom. The van der Waals surface area contributed by atoms with Crippen molar-refractivity contribution in [3.05, 3.63) is 64.5 Å². The van der Waals surface area contributed by atoms with Crippen molar-refractivity contribution in [1.82, 2.24) is 25.2 Å². The van der Waals surface area contributed by atoms with Crippen molar-refractivity contribution in [3.63, 3.8) is 0 Å². The van der Waals surface area contributed by atoms with Crippen molar-refractivity contribution in [2.75, 3.05) is 6.61 Å². The summed E-state index contributed by atoms with van der Waals surface area (Å²) >= 11 is 3.46. The monoisotopic (exact) mass is 531 g/mol. The molecule has 0 bridgehead atoms. The van der Waals surface area contributed by atoms with E-state index in [4.69, 9.17) is 9.47 Å². The summed E-state index contributed by atoms with van der Waals surface area (Å²) in [7, 11) is 0. The van der Waals surface area contributed by atoms with Gasteiger partial charge in [-0.15, -0.1) is 10.2 Å². The van der Waals surface area contributed by atoms with Gasteiger partial charge in [-0.3, -0.25) is 9.20 Å². The smallest absolute Gasteiger partial charge is 0.408 e. The van der Waals surface area contributed by atoms with Crippen molar-refractivity contribution in [2.45, 2.75) is 58.4 Å². The number of amides is 2. The van der Waals surface area contributed by atoms with E-state index in [-0.39, 0.29) is 6.61 Å². The van der Waals surface area contributed by atoms with Crippen LogP contribution < -0.4 is 10.6 Å². The third-order valence-electron chi connectivity index (χ3n) is 4.79. The number of hydrogen-bond acceptors (Lipinski definition) is 6. The fourth-order valence-corrected chi connectivity index (χ4v) is 3.46. The lowest BCUT2D eigenvalue weighted by Gasteiger charge is -2.29. The van der Waals surface area contributed by atoms with E-state index in [1.807, 2.05) is 48.7 Å². The molecule has 9 nitrogen and oxygen atoms in total. The number of nitrogens with one attached hydrogen (secondary N) is 2. The quantitative estimate of drug-likeness (QED) is 0.451. The molecule has 10 heteroatoms. The highest BCUT2D eigenvalue weighted by molar-refractivity contribution is 9.10. The highest BCUT2D eigenvalue weighted by Crippen LogP contribution is 2.19. The summed E-state index contributed by atoms with van der Waals surface area (Å²) < 4.78 is 13.8. The van der Waals surface area contributed by atoms with Crippen LogP contribution in [0.3, 0.4) is 0 Å². The van der Waals surface area contributed by atoms with Gasteiger partial charge in [-0.2, -0.15) is 0 Å². The van der Waals surface area contributed by atoms with Crippen LogP contribution >= 0.6 is 15.9 Å². The molecule has 1 aromatic carbocycles. The number of carbonyl (C=O) groups is 2. The Balaban J connectivity index is 1.79. The molecule has 182 valence electrons. The van der Waals surface area contributed by atoms with Gasteiger partial charge >= 0.3 is 6.09 Å². The summed E-state index contributed by atoms with van der Waals surface area (Å²) in [4.78, 5) is 25.5. The van der Waals surface area contributed by atoms with Gasteiger partial charge in [0.25, 0.3) is 0 Å². The molecule has 3 rings (SSSR count). The fraction of sp³-hybridized carbons (Fsp3) is 0.417. The predicted octanol–water partition coefficient (Wildman–Crippen LogP) is 4.17. The van der Waals surface area contributed by atoms with E-state index < -0.39 is 29.2 Å². The Morgan fingerprint density at radius 2 is 1.76 bits per heavy atom. The Labute approximate surface area is 207 Å². The van der Waals surface area contributed by atoms with Gasteiger partial charge in [0.15, 0.2) is 11.5 Å². The number of aromatic nitrogens is 3. The molecule has 0 aliphatic rings. The van der Waals surface area contributed by atoms with Crippen LogP contribution in [0.25, 0.3) is 5.65 Å². The molecule has 0 unspecified atom stereocenters. The van der Waals surface area contributed by atoms with Crippen LogP contribution in [0.5, 0.6) is 0 Å². The zero-order valence-electron chi connectivity index (χ0n) is 20.0. The van der Waals surface area contributed by atoms with E-state index >= 15 is 0 Å². The molecule has 0 saturated heterocycles. The number of alkyl carbamates (subject to hydrolysis) is 1. The van der Waals surface area contributed by atoms with Crippen molar-refractivity contribution < 1.29 is 19.1 Å². The summed E-state index contributed by atoms with van der Waals surface area (Å²) in [5.41, 5.74) is -0.292. The summed E-state index contributed by atoms with van der Waals surface area (Å²) in [6.07, 6.45) is 1.15. The molecule has 34 heavy (non-hydrogen) atoms. The molecule has 0 saturated carbocycles. The maximum absolute atomic E-state index is 13.2. The van der Waals surface area contributed by atoms with Crippen LogP contribution in [-0.4, -0.2) is 44.3 Å². The van der Waals surface area contributed by atoms with E-state index in [1.54, 1.807) is 39.0 Å². The first-order valence-corrected chi connectivity index (χ1v) is 11.7. The molecular formula is C24H30BrN5O4. The molecule has 0 aliphatic carbocycles. The SMILES string of the molecule is CC(C)(C)OC(=O)NC(C)(C)C(=O)N[C@H](COCc1ccccc1)c1nnc2ccc(Br)cn12. The van der Waals surface area contributed by atoms with E-state index in [0.717, 1.165) is 10.0 Å². The van der Waals surface area contributed by atoms with Gasteiger partial charge in [0.05, 0.1) is 13.2 Å². The molecule has 2 N–H and O–H groups in total. The summed E-state index contributed by atoms with van der Waals surface area (Å²) in [5, 5.41) is 14.1. The molecule has 0 radical (unpaired) electrons. The molecule has 0 fully saturated rings. The molecule has 2 heterocycles. The van der Waals surface area contributed by atoms with Gasteiger partial charge in [-0.1, -0.05) is 30.3 Å². The number of pyridine rings is 1.